The van der Waals surface area contributed by atoms with E-state index >= 15 is 0 Å². The molecule has 0 radical (unpaired) electrons. The summed E-state index contributed by atoms with van der Waals surface area (Å²) >= 11 is 0. The van der Waals surface area contributed by atoms with E-state index in [4.69, 9.17) is 0 Å². The highest BCUT2D eigenvalue weighted by Crippen LogP contribution is 2.22. The van der Waals surface area contributed by atoms with Crippen LogP contribution >= 0.6 is 0 Å². The molecule has 6 heteroatoms. The molecule has 2 aromatic carbocycles. The van der Waals surface area contributed by atoms with Crippen molar-refractivity contribution in [2.24, 2.45) is 0 Å². The van der Waals surface area contributed by atoms with E-state index in [9.17, 15) is 17.2 Å². The summed E-state index contributed by atoms with van der Waals surface area (Å²) in [4.78, 5) is 0. The molecule has 3 nitrogen and oxygen atoms in total. The average Bonchev–Trinajstić information content (AvgIpc) is 2.45. The Balaban J connectivity index is 2.02. The van der Waals surface area contributed by atoms with Crippen molar-refractivity contribution in [3.05, 3.63) is 65.2 Å². The lowest BCUT2D eigenvalue weighted by atomic mass is 10.1. The minimum Gasteiger partial charge on any atom is -0.378 e. The summed E-state index contributed by atoms with van der Waals surface area (Å²) in [6.45, 7) is 1.79. The summed E-state index contributed by atoms with van der Waals surface area (Å²) in [5, 5.41) is 3.14. The number of benzene rings is 2. The van der Waals surface area contributed by atoms with E-state index in [1.807, 2.05) is 24.3 Å². The number of rotatable bonds is 6. The zero-order valence-corrected chi connectivity index (χ0v) is 13.8. The van der Waals surface area contributed by atoms with Crippen LogP contribution in [0.25, 0.3) is 0 Å². The molecule has 0 amide bonds. The highest BCUT2D eigenvalue weighted by atomic mass is 32.2. The number of hydrogen-bond donors (Lipinski definition) is 1. The number of hydrogen-bond acceptors (Lipinski definition) is 3. The fourth-order valence-electron chi connectivity index (χ4n) is 2.25. The molecule has 0 saturated heterocycles. The van der Waals surface area contributed by atoms with E-state index in [1.54, 1.807) is 6.92 Å². The third-order valence-electron chi connectivity index (χ3n) is 3.53. The second-order valence-corrected chi connectivity index (χ2v) is 7.87. The van der Waals surface area contributed by atoms with Gasteiger partial charge in [0.05, 0.1) is 11.8 Å². The molecule has 0 aliphatic rings. The molecule has 0 fully saturated rings. The van der Waals surface area contributed by atoms with Gasteiger partial charge in [0, 0.05) is 23.6 Å². The Labute approximate surface area is 135 Å². The minimum absolute atomic E-state index is 0.108. The zero-order valence-electron chi connectivity index (χ0n) is 13.0. The normalized spacial score (nSPS) is 12.9. The van der Waals surface area contributed by atoms with Gasteiger partial charge < -0.3 is 5.32 Å². The second kappa shape index (κ2) is 7.08. The number of halogens is 2. The SMILES string of the molecule is C[C@H](Nc1ccc(CCS(C)(=O)=O)cc1)c1ccc(F)cc1F. The van der Waals surface area contributed by atoms with Gasteiger partial charge in [0.15, 0.2) is 0 Å². The van der Waals surface area contributed by atoms with E-state index in [0.29, 0.717) is 12.0 Å². The minimum atomic E-state index is -2.98. The molecule has 0 saturated carbocycles. The topological polar surface area (TPSA) is 46.2 Å². The van der Waals surface area contributed by atoms with Crippen LogP contribution in [-0.4, -0.2) is 20.4 Å². The quantitative estimate of drug-likeness (QED) is 0.872. The van der Waals surface area contributed by atoms with Crippen molar-refractivity contribution >= 4 is 15.5 Å². The molecule has 0 spiro atoms. The van der Waals surface area contributed by atoms with E-state index < -0.39 is 21.5 Å². The fraction of sp³-hybridized carbons (Fsp3) is 0.294. The molecule has 0 aromatic heterocycles. The molecule has 1 atom stereocenters. The van der Waals surface area contributed by atoms with E-state index in [-0.39, 0.29) is 11.8 Å². The van der Waals surface area contributed by atoms with Gasteiger partial charge in [-0.1, -0.05) is 18.2 Å². The maximum atomic E-state index is 13.7. The van der Waals surface area contributed by atoms with Gasteiger partial charge in [0.1, 0.15) is 21.5 Å². The Morgan fingerprint density at radius 2 is 1.74 bits per heavy atom. The third-order valence-corrected chi connectivity index (χ3v) is 4.47. The van der Waals surface area contributed by atoms with Crippen LogP contribution in [0.5, 0.6) is 0 Å². The largest absolute Gasteiger partial charge is 0.378 e. The molecule has 1 N–H and O–H groups in total. The monoisotopic (exact) mass is 339 g/mol. The van der Waals surface area contributed by atoms with Crippen molar-refractivity contribution in [2.75, 3.05) is 17.3 Å². The highest BCUT2D eigenvalue weighted by Gasteiger charge is 2.11. The number of sulfone groups is 1. The molecular weight excluding hydrogens is 320 g/mol. The van der Waals surface area contributed by atoms with Crippen LogP contribution in [-0.2, 0) is 16.3 Å². The summed E-state index contributed by atoms with van der Waals surface area (Å²) in [5.41, 5.74) is 2.08. The zero-order chi connectivity index (χ0) is 17.0. The Morgan fingerprint density at radius 1 is 1.09 bits per heavy atom. The van der Waals surface area contributed by atoms with Gasteiger partial charge >= 0.3 is 0 Å². The highest BCUT2D eigenvalue weighted by molar-refractivity contribution is 7.90. The lowest BCUT2D eigenvalue weighted by molar-refractivity contribution is 0.566. The van der Waals surface area contributed by atoms with Gasteiger partial charge in [-0.2, -0.15) is 0 Å². The first-order chi connectivity index (χ1) is 10.7. The van der Waals surface area contributed by atoms with Crippen molar-refractivity contribution in [3.8, 4) is 0 Å². The van der Waals surface area contributed by atoms with Crippen molar-refractivity contribution in [3.63, 3.8) is 0 Å². The standard InChI is InChI=1S/C17H19F2NO2S/c1-12(16-8-5-14(18)11-17(16)19)20-15-6-3-13(4-7-15)9-10-23(2,21)22/h3-8,11-12,20H,9-10H2,1-2H3/t12-/m0/s1. The second-order valence-electron chi connectivity index (χ2n) is 5.61. The molecular formula is C17H19F2NO2S. The van der Waals surface area contributed by atoms with Gasteiger partial charge in [-0.25, -0.2) is 17.2 Å². The summed E-state index contributed by atoms with van der Waals surface area (Å²) in [6.07, 6.45) is 1.67. The predicted octanol–water partition coefficient (Wildman–Crippen LogP) is 3.73. The molecule has 23 heavy (non-hydrogen) atoms. The van der Waals surface area contributed by atoms with Crippen molar-refractivity contribution < 1.29 is 17.2 Å². The summed E-state index contributed by atoms with van der Waals surface area (Å²) in [6, 6.07) is 10.5. The van der Waals surface area contributed by atoms with E-state index in [2.05, 4.69) is 5.32 Å². The van der Waals surface area contributed by atoms with Crippen molar-refractivity contribution in [1.29, 1.82) is 0 Å². The third kappa shape index (κ3) is 5.32. The van der Waals surface area contributed by atoms with Crippen molar-refractivity contribution in [1.82, 2.24) is 0 Å². The molecule has 0 bridgehead atoms. The van der Waals surface area contributed by atoms with Crippen LogP contribution in [0.2, 0.25) is 0 Å². The van der Waals surface area contributed by atoms with E-state index in [1.165, 1.54) is 18.4 Å². The summed E-state index contributed by atoms with van der Waals surface area (Å²) < 4.78 is 49.0. The van der Waals surface area contributed by atoms with Crippen LogP contribution in [0.3, 0.4) is 0 Å². The Morgan fingerprint density at radius 3 is 2.30 bits per heavy atom. The smallest absolute Gasteiger partial charge is 0.147 e. The summed E-state index contributed by atoms with van der Waals surface area (Å²) in [5.74, 6) is -1.08. The molecule has 0 unspecified atom stereocenters. The Kier molecular flexibility index (Phi) is 5.36. The first-order valence-electron chi connectivity index (χ1n) is 7.23. The maximum Gasteiger partial charge on any atom is 0.147 e. The van der Waals surface area contributed by atoms with Crippen LogP contribution in [0.1, 0.15) is 24.1 Å². The van der Waals surface area contributed by atoms with Crippen LogP contribution < -0.4 is 5.32 Å². The number of aryl methyl sites for hydroxylation is 1. The molecule has 0 heterocycles. The van der Waals surface area contributed by atoms with Crippen LogP contribution in [0.4, 0.5) is 14.5 Å². The average molecular weight is 339 g/mol. The maximum absolute atomic E-state index is 13.7. The number of anilines is 1. The Bertz CT molecular complexity index is 774. The van der Waals surface area contributed by atoms with Gasteiger partial charge in [-0.15, -0.1) is 0 Å². The fourth-order valence-corrected chi connectivity index (χ4v) is 2.86. The van der Waals surface area contributed by atoms with Gasteiger partial charge in [0.25, 0.3) is 0 Å². The van der Waals surface area contributed by atoms with Gasteiger partial charge in [-0.3, -0.25) is 0 Å². The summed E-state index contributed by atoms with van der Waals surface area (Å²) in [7, 11) is -2.98. The van der Waals surface area contributed by atoms with Gasteiger partial charge in [-0.05, 0) is 37.1 Å². The molecule has 2 rings (SSSR count). The lowest BCUT2D eigenvalue weighted by Gasteiger charge is -2.16. The predicted molar refractivity (Wildman–Crippen MR) is 88.3 cm³/mol. The van der Waals surface area contributed by atoms with Crippen LogP contribution in [0, 0.1) is 11.6 Å². The molecule has 0 aliphatic heterocycles. The Hall–Kier alpha value is -1.95. The van der Waals surface area contributed by atoms with Gasteiger partial charge in [0.2, 0.25) is 0 Å². The molecule has 124 valence electrons. The first-order valence-corrected chi connectivity index (χ1v) is 9.29. The van der Waals surface area contributed by atoms with Crippen LogP contribution in [0.15, 0.2) is 42.5 Å². The molecule has 0 aliphatic carbocycles. The first kappa shape index (κ1) is 17.4. The lowest BCUT2D eigenvalue weighted by Crippen LogP contribution is -2.09. The number of nitrogens with one attached hydrogen (secondary N) is 1. The molecule has 2 aromatic rings. The van der Waals surface area contributed by atoms with Crippen molar-refractivity contribution in [2.45, 2.75) is 19.4 Å². The van der Waals surface area contributed by atoms with E-state index in [0.717, 1.165) is 17.3 Å².